The van der Waals surface area contributed by atoms with E-state index in [2.05, 4.69) is 55.6 Å². The van der Waals surface area contributed by atoms with Gasteiger partial charge in [0, 0.05) is 28.3 Å². The Balaban J connectivity index is 1.95. The first-order chi connectivity index (χ1) is 11.7. The average molecular weight is 383 g/mol. The van der Waals surface area contributed by atoms with Crippen LogP contribution in [-0.4, -0.2) is 16.5 Å². The summed E-state index contributed by atoms with van der Waals surface area (Å²) in [6.07, 6.45) is 1.04. The van der Waals surface area contributed by atoms with Gasteiger partial charge in [-0.2, -0.15) is 4.98 Å². The lowest BCUT2D eigenvalue weighted by Gasteiger charge is -2.11. The van der Waals surface area contributed by atoms with E-state index >= 15 is 0 Å². The van der Waals surface area contributed by atoms with Gasteiger partial charge in [0.15, 0.2) is 0 Å². The van der Waals surface area contributed by atoms with E-state index < -0.39 is 0 Å². The highest BCUT2D eigenvalue weighted by atomic mass is 79.9. The van der Waals surface area contributed by atoms with Gasteiger partial charge in [0.05, 0.1) is 5.69 Å². The zero-order valence-corrected chi connectivity index (χ0v) is 15.0. The van der Waals surface area contributed by atoms with Crippen LogP contribution in [0.25, 0.3) is 11.3 Å². The number of hydrogen-bond acceptors (Lipinski definition) is 4. The van der Waals surface area contributed by atoms with Crippen molar-refractivity contribution in [2.75, 3.05) is 17.2 Å². The lowest BCUT2D eigenvalue weighted by atomic mass is 10.1. The lowest BCUT2D eigenvalue weighted by molar-refractivity contribution is 0.966. The standard InChI is InChI=1S/C19H19BrN4/c1-2-11-21-18-13-17(14-7-4-3-5-8-14)23-19(24-18)22-16-10-6-9-15(20)12-16/h3-10,12-13H,2,11H2,1H3,(H2,21,22,23,24). The topological polar surface area (TPSA) is 49.8 Å². The summed E-state index contributed by atoms with van der Waals surface area (Å²) in [6, 6.07) is 20.1. The first-order valence-corrected chi connectivity index (χ1v) is 8.75. The first-order valence-electron chi connectivity index (χ1n) is 7.95. The van der Waals surface area contributed by atoms with Crippen molar-refractivity contribution in [3.8, 4) is 11.3 Å². The van der Waals surface area contributed by atoms with Crippen LogP contribution < -0.4 is 10.6 Å². The maximum Gasteiger partial charge on any atom is 0.229 e. The number of hydrogen-bond donors (Lipinski definition) is 2. The fraction of sp³-hybridized carbons (Fsp3) is 0.158. The molecular weight excluding hydrogens is 364 g/mol. The Morgan fingerprint density at radius 3 is 2.54 bits per heavy atom. The Hall–Kier alpha value is -2.40. The maximum absolute atomic E-state index is 4.66. The number of halogens is 1. The van der Waals surface area contributed by atoms with Gasteiger partial charge in [-0.3, -0.25) is 0 Å². The molecule has 2 N–H and O–H groups in total. The van der Waals surface area contributed by atoms with E-state index in [1.807, 2.05) is 48.5 Å². The third-order valence-electron chi connectivity index (χ3n) is 3.43. The molecule has 0 saturated heterocycles. The molecular formula is C19H19BrN4. The van der Waals surface area contributed by atoms with Crippen molar-refractivity contribution in [2.24, 2.45) is 0 Å². The van der Waals surface area contributed by atoms with Crippen molar-refractivity contribution in [1.82, 2.24) is 9.97 Å². The van der Waals surface area contributed by atoms with Gasteiger partial charge in [-0.15, -0.1) is 0 Å². The number of anilines is 3. The second kappa shape index (κ2) is 7.93. The average Bonchev–Trinajstić information content (AvgIpc) is 2.60. The molecule has 4 nitrogen and oxygen atoms in total. The summed E-state index contributed by atoms with van der Waals surface area (Å²) in [6.45, 7) is 3.01. The Morgan fingerprint density at radius 1 is 0.958 bits per heavy atom. The summed E-state index contributed by atoms with van der Waals surface area (Å²) in [5.74, 6) is 1.40. The quantitative estimate of drug-likeness (QED) is 0.593. The molecule has 24 heavy (non-hydrogen) atoms. The molecule has 0 saturated carbocycles. The Labute approximate surface area is 150 Å². The van der Waals surface area contributed by atoms with Gasteiger partial charge in [-0.25, -0.2) is 4.98 Å². The normalized spacial score (nSPS) is 10.4. The molecule has 0 atom stereocenters. The van der Waals surface area contributed by atoms with E-state index in [4.69, 9.17) is 0 Å². The van der Waals surface area contributed by atoms with E-state index in [0.717, 1.165) is 40.2 Å². The van der Waals surface area contributed by atoms with E-state index in [9.17, 15) is 0 Å². The molecule has 3 aromatic rings. The molecule has 5 heteroatoms. The summed E-state index contributed by atoms with van der Waals surface area (Å²) < 4.78 is 1.01. The molecule has 0 radical (unpaired) electrons. The third-order valence-corrected chi connectivity index (χ3v) is 3.93. The molecule has 1 heterocycles. The fourth-order valence-corrected chi connectivity index (χ4v) is 2.70. The van der Waals surface area contributed by atoms with Crippen LogP contribution in [0.3, 0.4) is 0 Å². The number of benzene rings is 2. The summed E-state index contributed by atoms with van der Waals surface area (Å²) >= 11 is 3.48. The minimum absolute atomic E-state index is 0.577. The highest BCUT2D eigenvalue weighted by molar-refractivity contribution is 9.10. The van der Waals surface area contributed by atoms with Crippen molar-refractivity contribution in [3.63, 3.8) is 0 Å². The molecule has 0 aliphatic heterocycles. The Bertz CT molecular complexity index is 805. The molecule has 0 spiro atoms. The van der Waals surface area contributed by atoms with E-state index in [1.165, 1.54) is 0 Å². The summed E-state index contributed by atoms with van der Waals surface area (Å²) in [5, 5.41) is 6.62. The molecule has 0 aliphatic rings. The molecule has 3 rings (SSSR count). The second-order valence-electron chi connectivity index (χ2n) is 5.39. The molecule has 2 aromatic carbocycles. The monoisotopic (exact) mass is 382 g/mol. The van der Waals surface area contributed by atoms with Gasteiger partial charge in [-0.1, -0.05) is 59.3 Å². The van der Waals surface area contributed by atoms with Crippen LogP contribution in [-0.2, 0) is 0 Å². The van der Waals surface area contributed by atoms with Gasteiger partial charge in [0.2, 0.25) is 5.95 Å². The van der Waals surface area contributed by atoms with Crippen LogP contribution in [0.1, 0.15) is 13.3 Å². The molecule has 0 unspecified atom stereocenters. The van der Waals surface area contributed by atoms with Crippen LogP contribution in [0.15, 0.2) is 65.1 Å². The van der Waals surface area contributed by atoms with Gasteiger partial charge < -0.3 is 10.6 Å². The van der Waals surface area contributed by atoms with Crippen LogP contribution in [0.2, 0.25) is 0 Å². The SMILES string of the molecule is CCCNc1cc(-c2ccccc2)nc(Nc2cccc(Br)c2)n1. The van der Waals surface area contributed by atoms with Crippen LogP contribution in [0, 0.1) is 0 Å². The van der Waals surface area contributed by atoms with E-state index in [-0.39, 0.29) is 0 Å². The smallest absolute Gasteiger partial charge is 0.229 e. The molecule has 0 bridgehead atoms. The zero-order chi connectivity index (χ0) is 16.8. The van der Waals surface area contributed by atoms with Gasteiger partial charge in [0.1, 0.15) is 5.82 Å². The van der Waals surface area contributed by atoms with Gasteiger partial charge >= 0.3 is 0 Å². The summed E-state index contributed by atoms with van der Waals surface area (Å²) in [4.78, 5) is 9.23. The van der Waals surface area contributed by atoms with Crippen LogP contribution >= 0.6 is 15.9 Å². The molecule has 0 aliphatic carbocycles. The Kier molecular flexibility index (Phi) is 5.43. The van der Waals surface area contributed by atoms with Crippen LogP contribution in [0.5, 0.6) is 0 Å². The van der Waals surface area contributed by atoms with Crippen molar-refractivity contribution in [1.29, 1.82) is 0 Å². The highest BCUT2D eigenvalue weighted by Gasteiger charge is 2.07. The lowest BCUT2D eigenvalue weighted by Crippen LogP contribution is -2.06. The molecule has 0 amide bonds. The van der Waals surface area contributed by atoms with Gasteiger partial charge in [-0.05, 0) is 24.6 Å². The highest BCUT2D eigenvalue weighted by Crippen LogP contribution is 2.24. The zero-order valence-electron chi connectivity index (χ0n) is 13.5. The number of rotatable bonds is 6. The molecule has 1 aromatic heterocycles. The van der Waals surface area contributed by atoms with E-state index in [1.54, 1.807) is 0 Å². The van der Waals surface area contributed by atoms with Crippen molar-refractivity contribution in [2.45, 2.75) is 13.3 Å². The second-order valence-corrected chi connectivity index (χ2v) is 6.31. The minimum atomic E-state index is 0.577. The molecule has 0 fully saturated rings. The number of aromatic nitrogens is 2. The largest absolute Gasteiger partial charge is 0.370 e. The summed E-state index contributed by atoms with van der Waals surface area (Å²) in [7, 11) is 0. The predicted molar refractivity (Wildman–Crippen MR) is 104 cm³/mol. The minimum Gasteiger partial charge on any atom is -0.370 e. The maximum atomic E-state index is 4.66. The van der Waals surface area contributed by atoms with Crippen molar-refractivity contribution >= 4 is 33.4 Å². The fourth-order valence-electron chi connectivity index (χ4n) is 2.30. The van der Waals surface area contributed by atoms with Crippen LogP contribution in [0.4, 0.5) is 17.5 Å². The number of nitrogens with zero attached hydrogens (tertiary/aromatic N) is 2. The summed E-state index contributed by atoms with van der Waals surface area (Å²) in [5.41, 5.74) is 2.90. The van der Waals surface area contributed by atoms with E-state index in [0.29, 0.717) is 5.95 Å². The Morgan fingerprint density at radius 2 is 1.79 bits per heavy atom. The predicted octanol–water partition coefficient (Wildman–Crippen LogP) is 5.47. The van der Waals surface area contributed by atoms with Crippen molar-refractivity contribution in [3.05, 3.63) is 65.1 Å². The first kappa shape index (κ1) is 16.5. The van der Waals surface area contributed by atoms with Crippen molar-refractivity contribution < 1.29 is 0 Å². The third kappa shape index (κ3) is 4.32. The number of nitrogens with one attached hydrogen (secondary N) is 2. The van der Waals surface area contributed by atoms with Gasteiger partial charge in [0.25, 0.3) is 0 Å². The molecule has 122 valence electrons.